The Kier molecular flexibility index (Phi) is 6.72. The normalized spacial score (nSPS) is 12.3. The van der Waals surface area contributed by atoms with Crippen molar-refractivity contribution in [3.63, 3.8) is 0 Å². The summed E-state index contributed by atoms with van der Waals surface area (Å²) in [6, 6.07) is 0. The molecule has 0 aromatic carbocycles. The molecule has 0 aromatic heterocycles. The molecule has 0 radical (unpaired) electrons. The van der Waals surface area contributed by atoms with E-state index < -0.39 is 14.9 Å². The highest BCUT2D eigenvalue weighted by atomic mass is 32.2. The molecule has 0 saturated heterocycles. The number of carbonyl (C=O) groups excluding carboxylic acids is 1. The van der Waals surface area contributed by atoms with E-state index in [1.807, 2.05) is 6.92 Å². The zero-order valence-electron chi connectivity index (χ0n) is 12.3. The lowest BCUT2D eigenvalue weighted by Gasteiger charge is -2.27. The van der Waals surface area contributed by atoms with E-state index in [9.17, 15) is 13.2 Å². The molecule has 0 heterocycles. The molecule has 0 aromatic rings. The molecule has 0 aliphatic rings. The molecule has 5 nitrogen and oxygen atoms in total. The number of carbonyl (C=O) groups is 1. The highest BCUT2D eigenvalue weighted by Crippen LogP contribution is 2.20. The van der Waals surface area contributed by atoms with Crippen LogP contribution in [0, 0.1) is 0 Å². The smallest absolute Gasteiger partial charge is 0.270 e. The molecule has 0 unspecified atom stereocenters. The molecule has 1 N–H and O–H groups in total. The van der Waals surface area contributed by atoms with Gasteiger partial charge in [-0.3, -0.25) is 9.35 Å². The van der Waals surface area contributed by atoms with Gasteiger partial charge < -0.3 is 4.90 Å². The van der Waals surface area contributed by atoms with Gasteiger partial charge in [0.1, 0.15) is 0 Å². The molecule has 1 amide bonds. The second kappa shape index (κ2) is 7.05. The zero-order chi connectivity index (χ0) is 15.3. The maximum Gasteiger partial charge on any atom is 0.270 e. The van der Waals surface area contributed by atoms with Gasteiger partial charge in [-0.1, -0.05) is 19.9 Å². The minimum atomic E-state index is -4.12. The fourth-order valence-corrected chi connectivity index (χ4v) is 1.82. The van der Waals surface area contributed by atoms with E-state index in [0.717, 1.165) is 12.8 Å². The van der Waals surface area contributed by atoms with Crippen LogP contribution in [0.4, 0.5) is 0 Å². The van der Waals surface area contributed by atoms with E-state index in [-0.39, 0.29) is 12.3 Å². The minimum absolute atomic E-state index is 0.167. The van der Waals surface area contributed by atoms with Crippen LogP contribution in [-0.4, -0.2) is 41.6 Å². The Balaban J connectivity index is 4.76. The van der Waals surface area contributed by atoms with Crippen LogP contribution in [-0.2, 0) is 14.9 Å². The van der Waals surface area contributed by atoms with E-state index in [1.54, 1.807) is 11.8 Å². The third kappa shape index (κ3) is 5.74. The number of nitrogens with zero attached hydrogens (tertiary/aromatic N) is 1. The highest BCUT2D eigenvalue weighted by Gasteiger charge is 2.33. The molecule has 0 spiro atoms. The molecule has 0 fully saturated rings. The van der Waals surface area contributed by atoms with Gasteiger partial charge in [-0.15, -0.1) is 0 Å². The van der Waals surface area contributed by atoms with Gasteiger partial charge in [0.15, 0.2) is 0 Å². The van der Waals surface area contributed by atoms with Crippen molar-refractivity contribution in [1.29, 1.82) is 0 Å². The van der Waals surface area contributed by atoms with Crippen molar-refractivity contribution in [1.82, 2.24) is 4.90 Å². The monoisotopic (exact) mass is 291 g/mol. The summed E-state index contributed by atoms with van der Waals surface area (Å²) in [5.41, 5.74) is 0.431. The maximum absolute atomic E-state index is 11.9. The first-order chi connectivity index (χ1) is 8.53. The molecule has 0 aliphatic heterocycles. The maximum atomic E-state index is 11.9. The zero-order valence-corrected chi connectivity index (χ0v) is 13.1. The van der Waals surface area contributed by atoms with Crippen molar-refractivity contribution in [2.45, 2.75) is 51.7 Å². The molecular weight excluding hydrogens is 266 g/mol. The van der Waals surface area contributed by atoms with Gasteiger partial charge in [0.2, 0.25) is 5.91 Å². The van der Waals surface area contributed by atoms with Gasteiger partial charge in [-0.2, -0.15) is 8.42 Å². The van der Waals surface area contributed by atoms with Gasteiger partial charge in [0.25, 0.3) is 10.1 Å². The van der Waals surface area contributed by atoms with Crippen molar-refractivity contribution >= 4 is 16.0 Å². The van der Waals surface area contributed by atoms with Crippen molar-refractivity contribution in [2.24, 2.45) is 0 Å². The SMILES string of the molecule is C=C(C)C(=O)N(CCCC)CCC(C)(C)S(=O)(=O)O. The molecule has 0 rings (SSSR count). The van der Waals surface area contributed by atoms with Gasteiger partial charge in [-0.25, -0.2) is 0 Å². The number of rotatable bonds is 8. The summed E-state index contributed by atoms with van der Waals surface area (Å²) in [4.78, 5) is 13.5. The lowest BCUT2D eigenvalue weighted by atomic mass is 10.1. The summed E-state index contributed by atoms with van der Waals surface area (Å²) < 4.78 is 30.3. The Bertz CT molecular complexity index is 426. The minimum Gasteiger partial charge on any atom is -0.339 e. The molecule has 0 aliphatic carbocycles. The average molecular weight is 291 g/mol. The van der Waals surface area contributed by atoms with Crippen LogP contribution >= 0.6 is 0 Å². The Hall–Kier alpha value is -0.880. The molecule has 19 heavy (non-hydrogen) atoms. The Morgan fingerprint density at radius 1 is 1.32 bits per heavy atom. The fourth-order valence-electron chi connectivity index (χ4n) is 1.47. The second-order valence-corrected chi connectivity index (χ2v) is 7.47. The molecule has 0 atom stereocenters. The Morgan fingerprint density at radius 2 is 1.84 bits per heavy atom. The van der Waals surface area contributed by atoms with Crippen LogP contribution in [0.25, 0.3) is 0 Å². The van der Waals surface area contributed by atoms with Crippen molar-refractivity contribution in [3.8, 4) is 0 Å². The van der Waals surface area contributed by atoms with E-state index in [0.29, 0.717) is 18.7 Å². The molecule has 0 bridgehead atoms. The summed E-state index contributed by atoms with van der Waals surface area (Å²) in [5.74, 6) is -0.167. The fraction of sp³-hybridized carbons (Fsp3) is 0.769. The molecule has 0 saturated carbocycles. The Morgan fingerprint density at radius 3 is 2.21 bits per heavy atom. The van der Waals surface area contributed by atoms with Crippen LogP contribution < -0.4 is 0 Å². The van der Waals surface area contributed by atoms with Crippen LogP contribution in [0.1, 0.15) is 47.0 Å². The lowest BCUT2D eigenvalue weighted by molar-refractivity contribution is -0.127. The average Bonchev–Trinajstić information content (AvgIpc) is 2.26. The van der Waals surface area contributed by atoms with Crippen LogP contribution in [0.3, 0.4) is 0 Å². The summed E-state index contributed by atoms with van der Waals surface area (Å²) in [7, 11) is -4.12. The van der Waals surface area contributed by atoms with E-state index >= 15 is 0 Å². The van der Waals surface area contributed by atoms with Gasteiger partial charge in [-0.05, 0) is 33.6 Å². The third-order valence-corrected chi connectivity index (χ3v) is 4.72. The van der Waals surface area contributed by atoms with Crippen LogP contribution in [0.5, 0.6) is 0 Å². The number of hydrogen-bond acceptors (Lipinski definition) is 3. The van der Waals surface area contributed by atoms with Crippen molar-refractivity contribution in [3.05, 3.63) is 12.2 Å². The predicted molar refractivity (Wildman–Crippen MR) is 76.5 cm³/mol. The quantitative estimate of drug-likeness (QED) is 0.550. The van der Waals surface area contributed by atoms with Gasteiger partial charge >= 0.3 is 0 Å². The Labute approximate surface area is 116 Å². The summed E-state index contributed by atoms with van der Waals surface area (Å²) in [6.45, 7) is 11.0. The van der Waals surface area contributed by atoms with Crippen molar-refractivity contribution < 1.29 is 17.8 Å². The van der Waals surface area contributed by atoms with Crippen molar-refractivity contribution in [2.75, 3.05) is 13.1 Å². The number of hydrogen-bond donors (Lipinski definition) is 1. The number of unbranched alkanes of at least 4 members (excludes halogenated alkanes) is 1. The lowest BCUT2D eigenvalue weighted by Crippen LogP contribution is -2.39. The first-order valence-corrected chi connectivity index (χ1v) is 7.88. The summed E-state index contributed by atoms with van der Waals surface area (Å²) in [6.07, 6.45) is 1.99. The molecule has 6 heteroatoms. The first kappa shape index (κ1) is 18.1. The largest absolute Gasteiger partial charge is 0.339 e. The van der Waals surface area contributed by atoms with Gasteiger partial charge in [0.05, 0.1) is 4.75 Å². The summed E-state index contributed by atoms with van der Waals surface area (Å²) >= 11 is 0. The van der Waals surface area contributed by atoms with E-state index in [4.69, 9.17) is 4.55 Å². The first-order valence-electron chi connectivity index (χ1n) is 6.44. The number of amides is 1. The van der Waals surface area contributed by atoms with Gasteiger partial charge in [0, 0.05) is 18.7 Å². The van der Waals surface area contributed by atoms with Crippen LogP contribution in [0.15, 0.2) is 12.2 Å². The third-order valence-electron chi connectivity index (χ3n) is 3.12. The van der Waals surface area contributed by atoms with E-state index in [2.05, 4.69) is 6.58 Å². The van der Waals surface area contributed by atoms with Crippen LogP contribution in [0.2, 0.25) is 0 Å². The predicted octanol–water partition coefficient (Wildman–Crippen LogP) is 2.25. The molecule has 112 valence electrons. The second-order valence-electron chi connectivity index (χ2n) is 5.41. The van der Waals surface area contributed by atoms with E-state index in [1.165, 1.54) is 13.8 Å². The standard InChI is InChI=1S/C13H25NO4S/c1-6-7-9-14(12(15)11(2)3)10-8-13(4,5)19(16,17)18/h2,6-10H2,1,3-5H3,(H,16,17,18). The summed E-state index contributed by atoms with van der Waals surface area (Å²) in [5, 5.41) is 0. The topological polar surface area (TPSA) is 74.7 Å². The molecular formula is C13H25NO4S. The highest BCUT2D eigenvalue weighted by molar-refractivity contribution is 7.87.